The second-order valence-corrected chi connectivity index (χ2v) is 12.3. The maximum absolute atomic E-state index is 12.6. The first-order chi connectivity index (χ1) is 24.5. The van der Waals surface area contributed by atoms with Crippen molar-refractivity contribution < 1.29 is 24.5 Å². The molecule has 0 aliphatic rings. The quantitative estimate of drug-likeness (QED) is 0.0621. The number of ether oxygens (including phenoxy) is 2. The van der Waals surface area contributed by atoms with Gasteiger partial charge in [-0.1, -0.05) is 59.7 Å². The zero-order chi connectivity index (χ0) is 36.9. The van der Waals surface area contributed by atoms with Crippen LogP contribution in [0.2, 0.25) is 0 Å². The number of H-pyrrole nitrogens is 1. The molecule has 0 amide bonds. The van der Waals surface area contributed by atoms with Crippen LogP contribution in [0.25, 0.3) is 27.9 Å². The third-order valence-corrected chi connectivity index (χ3v) is 7.97. The van der Waals surface area contributed by atoms with E-state index in [-0.39, 0.29) is 16.9 Å². The summed E-state index contributed by atoms with van der Waals surface area (Å²) in [5.41, 5.74) is 8.27. The van der Waals surface area contributed by atoms with Crippen molar-refractivity contribution in [3.63, 3.8) is 0 Å². The number of allylic oxidation sites excluding steroid dienone is 4. The van der Waals surface area contributed by atoms with Gasteiger partial charge in [-0.05, 0) is 107 Å². The lowest BCUT2D eigenvalue weighted by Crippen LogP contribution is -2.07. The second kappa shape index (κ2) is 18.1. The molecule has 0 fully saturated rings. The Hall–Kier alpha value is -6.02. The van der Waals surface area contributed by atoms with Crippen LogP contribution >= 0.6 is 0 Å². The summed E-state index contributed by atoms with van der Waals surface area (Å²) in [6.45, 7) is 10.1. The monoisotopic (exact) mass is 686 g/mol. The number of carbonyl (C=O) groups is 1. The van der Waals surface area contributed by atoms with Crippen molar-refractivity contribution in [2.75, 3.05) is 19.0 Å². The highest BCUT2D eigenvalue weighted by Gasteiger charge is 2.13. The van der Waals surface area contributed by atoms with Crippen molar-refractivity contribution in [2.45, 2.75) is 47.5 Å². The van der Waals surface area contributed by atoms with Gasteiger partial charge in [0.25, 0.3) is 0 Å². The molecule has 0 radical (unpaired) electrons. The molecule has 1 heterocycles. The summed E-state index contributed by atoms with van der Waals surface area (Å²) in [6, 6.07) is 27.2. The van der Waals surface area contributed by atoms with Crippen LogP contribution in [0, 0.1) is 0 Å². The Labute approximate surface area is 299 Å². The number of pyridine rings is 1. The molecule has 1 aromatic heterocycles. The van der Waals surface area contributed by atoms with Crippen LogP contribution in [0.5, 0.6) is 17.2 Å². The molecule has 5 rings (SSSR count). The molecule has 0 saturated carbocycles. The molecule has 0 unspecified atom stereocenters. The van der Waals surface area contributed by atoms with E-state index in [4.69, 9.17) is 9.47 Å². The maximum atomic E-state index is 12.6. The van der Waals surface area contributed by atoms with Crippen LogP contribution in [0.3, 0.4) is 0 Å². The number of esters is 1. The highest BCUT2D eigenvalue weighted by Crippen LogP contribution is 2.30. The molecule has 51 heavy (non-hydrogen) atoms. The summed E-state index contributed by atoms with van der Waals surface area (Å²) in [4.78, 5) is 27.9. The smallest absolute Gasteiger partial charge is 0.332 e. The summed E-state index contributed by atoms with van der Waals surface area (Å²) >= 11 is 0. The van der Waals surface area contributed by atoms with Crippen molar-refractivity contribution in [1.29, 1.82) is 0 Å². The molecule has 264 valence electrons. The van der Waals surface area contributed by atoms with E-state index in [1.165, 1.54) is 11.6 Å². The molecule has 0 atom stereocenters. The first-order valence-corrected chi connectivity index (χ1v) is 16.8. The number of anilines is 1. The van der Waals surface area contributed by atoms with Gasteiger partial charge in [0.15, 0.2) is 5.43 Å². The van der Waals surface area contributed by atoms with E-state index < -0.39 is 5.97 Å². The van der Waals surface area contributed by atoms with Gasteiger partial charge in [-0.15, -0.1) is 0 Å². The van der Waals surface area contributed by atoms with Gasteiger partial charge in [0.2, 0.25) is 0 Å². The number of aromatic hydroxyl groups is 2. The van der Waals surface area contributed by atoms with Crippen molar-refractivity contribution in [1.82, 2.24) is 4.98 Å². The fraction of sp³-hybridized carbons (Fsp3) is 0.209. The number of fused-ring (bicyclic) bond motifs is 1. The van der Waals surface area contributed by atoms with Crippen molar-refractivity contribution >= 4 is 28.3 Å². The number of aromatic amines is 1. The minimum atomic E-state index is -0.412. The van der Waals surface area contributed by atoms with Gasteiger partial charge in [0, 0.05) is 40.0 Å². The van der Waals surface area contributed by atoms with E-state index in [1.54, 1.807) is 44.4 Å². The highest BCUT2D eigenvalue weighted by atomic mass is 16.5. The topological polar surface area (TPSA) is 121 Å². The average Bonchev–Trinajstić information content (AvgIpc) is 3.11. The normalized spacial score (nSPS) is 10.8. The van der Waals surface area contributed by atoms with E-state index >= 15 is 0 Å². The predicted octanol–water partition coefficient (Wildman–Crippen LogP) is 9.34. The molecular formula is C43H46N2O6. The molecule has 0 aliphatic carbocycles. The first-order valence-electron chi connectivity index (χ1n) is 16.8. The third kappa shape index (κ3) is 10.5. The van der Waals surface area contributed by atoms with Crippen LogP contribution in [0.1, 0.15) is 51.3 Å². The zero-order valence-corrected chi connectivity index (χ0v) is 30.0. The Morgan fingerprint density at radius 3 is 2.08 bits per heavy atom. The SMILES string of the molecule is CCOC(=O)C=C(Nc1cccc(O)c1CC=C(C)C)c1ccccc1.COc1ccc(-c2cc(=O)c3ccc(O)c(CC=C(C)C)c3[nH]2)cc1. The Balaban J connectivity index is 0.000000229. The average molecular weight is 687 g/mol. The van der Waals surface area contributed by atoms with Crippen LogP contribution in [0.15, 0.2) is 125 Å². The molecule has 0 aliphatic heterocycles. The molecule has 4 aromatic carbocycles. The van der Waals surface area contributed by atoms with E-state index in [9.17, 15) is 19.8 Å². The maximum Gasteiger partial charge on any atom is 0.332 e. The van der Waals surface area contributed by atoms with Crippen LogP contribution in [0.4, 0.5) is 5.69 Å². The number of rotatable bonds is 11. The summed E-state index contributed by atoms with van der Waals surface area (Å²) < 4.78 is 10.2. The van der Waals surface area contributed by atoms with E-state index in [0.29, 0.717) is 41.7 Å². The molecule has 0 bridgehead atoms. The minimum absolute atomic E-state index is 0.0713. The van der Waals surface area contributed by atoms with Crippen LogP contribution in [-0.4, -0.2) is 34.9 Å². The number of hydrogen-bond donors (Lipinski definition) is 4. The van der Waals surface area contributed by atoms with Gasteiger partial charge in [-0.2, -0.15) is 0 Å². The lowest BCUT2D eigenvalue weighted by Gasteiger charge is -2.16. The van der Waals surface area contributed by atoms with Gasteiger partial charge in [-0.3, -0.25) is 4.79 Å². The van der Waals surface area contributed by atoms with Gasteiger partial charge in [0.1, 0.15) is 17.2 Å². The number of hydrogen-bond acceptors (Lipinski definition) is 7. The molecule has 5 aromatic rings. The van der Waals surface area contributed by atoms with Crippen LogP contribution in [-0.2, 0) is 22.4 Å². The summed E-state index contributed by atoms with van der Waals surface area (Å²) in [7, 11) is 1.62. The summed E-state index contributed by atoms with van der Waals surface area (Å²) in [6.07, 6.45) is 6.68. The van der Waals surface area contributed by atoms with Gasteiger partial charge in [-0.25, -0.2) is 4.79 Å². The highest BCUT2D eigenvalue weighted by molar-refractivity contribution is 5.95. The van der Waals surface area contributed by atoms with Gasteiger partial charge < -0.3 is 30.0 Å². The Morgan fingerprint density at radius 2 is 1.45 bits per heavy atom. The second-order valence-electron chi connectivity index (χ2n) is 12.3. The molecular weight excluding hydrogens is 640 g/mol. The number of aromatic nitrogens is 1. The Kier molecular flexibility index (Phi) is 13.4. The van der Waals surface area contributed by atoms with E-state index in [1.807, 2.05) is 94.4 Å². The molecule has 8 heteroatoms. The Bertz CT molecular complexity index is 2100. The number of benzene rings is 4. The number of phenolic OH excluding ortho intramolecular Hbond substituents is 2. The number of methoxy groups -OCH3 is 1. The van der Waals surface area contributed by atoms with Crippen molar-refractivity contribution in [3.8, 4) is 28.5 Å². The number of phenols is 2. The summed E-state index contributed by atoms with van der Waals surface area (Å²) in [5.74, 6) is 0.752. The fourth-order valence-corrected chi connectivity index (χ4v) is 5.27. The lowest BCUT2D eigenvalue weighted by molar-refractivity contribution is -0.137. The lowest BCUT2D eigenvalue weighted by atomic mass is 10.0. The van der Waals surface area contributed by atoms with Crippen LogP contribution < -0.4 is 15.5 Å². The van der Waals surface area contributed by atoms with E-state index in [2.05, 4.69) is 16.4 Å². The minimum Gasteiger partial charge on any atom is -0.508 e. The number of nitrogens with one attached hydrogen (secondary N) is 2. The van der Waals surface area contributed by atoms with Crippen molar-refractivity contribution in [2.24, 2.45) is 0 Å². The fourth-order valence-electron chi connectivity index (χ4n) is 5.27. The van der Waals surface area contributed by atoms with Gasteiger partial charge in [0.05, 0.1) is 24.9 Å². The van der Waals surface area contributed by atoms with Gasteiger partial charge >= 0.3 is 5.97 Å². The molecule has 4 N–H and O–H groups in total. The number of carbonyl (C=O) groups excluding carboxylic acids is 1. The molecule has 0 saturated heterocycles. The third-order valence-electron chi connectivity index (χ3n) is 7.97. The van der Waals surface area contributed by atoms with E-state index in [0.717, 1.165) is 39.3 Å². The van der Waals surface area contributed by atoms with Crippen molar-refractivity contribution in [3.05, 3.63) is 147 Å². The Morgan fingerprint density at radius 1 is 0.804 bits per heavy atom. The zero-order valence-electron chi connectivity index (χ0n) is 30.0. The largest absolute Gasteiger partial charge is 0.508 e. The molecule has 0 spiro atoms. The summed E-state index contributed by atoms with van der Waals surface area (Å²) in [5, 5.41) is 24.4. The predicted molar refractivity (Wildman–Crippen MR) is 207 cm³/mol. The first kappa shape index (κ1) is 37.8. The molecule has 8 nitrogen and oxygen atoms in total. The standard InChI is InChI=1S/C22H25NO3.C21H21NO3/c1-4-26-22(25)15-20(17-9-6-5-7-10-17)23-19-11-8-12-21(24)18(19)14-13-16(2)3;1-13(2)4-9-16-19(23)11-10-17-20(24)12-18(22-21(16)17)14-5-7-15(25-3)8-6-14/h5-13,15,23-24H,4,14H2,1-3H3;4-8,10-12,23H,9H2,1-3H3,(H,22,24).